The Bertz CT molecular complexity index is 194. The molecule has 4 heteroatoms. The molecular weight excluding hydrogens is 144 g/mol. The zero-order valence-corrected chi connectivity index (χ0v) is 6.29. The first kappa shape index (κ1) is 10.1. The number of methoxy groups -OCH3 is 1. The van der Waals surface area contributed by atoms with E-state index >= 15 is 0 Å². The summed E-state index contributed by atoms with van der Waals surface area (Å²) in [6.07, 6.45) is 1.29. The first-order valence-corrected chi connectivity index (χ1v) is 2.98. The summed E-state index contributed by atoms with van der Waals surface area (Å²) in [6, 6.07) is 0. The standard InChI is InChI=1S/C6H10N2O2.CH4/c1-6(2,9-3)5-8-7-4-10-5;/h4H,1-3H3;1H4. The highest BCUT2D eigenvalue weighted by Crippen LogP contribution is 2.20. The van der Waals surface area contributed by atoms with Crippen LogP contribution in [-0.4, -0.2) is 17.3 Å². The molecule has 0 radical (unpaired) electrons. The Labute approximate surface area is 66.6 Å². The molecule has 64 valence electrons. The predicted molar refractivity (Wildman–Crippen MR) is 41.1 cm³/mol. The van der Waals surface area contributed by atoms with Gasteiger partial charge in [0.15, 0.2) is 0 Å². The molecule has 0 N–H and O–H groups in total. The van der Waals surface area contributed by atoms with Crippen LogP contribution in [0.25, 0.3) is 0 Å². The number of hydrogen-bond acceptors (Lipinski definition) is 4. The van der Waals surface area contributed by atoms with Crippen molar-refractivity contribution < 1.29 is 9.15 Å². The van der Waals surface area contributed by atoms with Crippen molar-refractivity contribution in [2.75, 3.05) is 7.11 Å². The second-order valence-electron chi connectivity index (χ2n) is 2.46. The summed E-state index contributed by atoms with van der Waals surface area (Å²) in [6.45, 7) is 3.72. The Morgan fingerprint density at radius 1 is 1.55 bits per heavy atom. The monoisotopic (exact) mass is 158 g/mol. The van der Waals surface area contributed by atoms with Crippen LogP contribution in [0, 0.1) is 0 Å². The zero-order chi connectivity index (χ0) is 7.61. The van der Waals surface area contributed by atoms with Crippen molar-refractivity contribution in [3.63, 3.8) is 0 Å². The highest BCUT2D eigenvalue weighted by Gasteiger charge is 2.24. The fourth-order valence-corrected chi connectivity index (χ4v) is 0.523. The summed E-state index contributed by atoms with van der Waals surface area (Å²) in [5.74, 6) is 0.495. The fourth-order valence-electron chi connectivity index (χ4n) is 0.523. The Hall–Kier alpha value is -0.900. The number of hydrogen-bond donors (Lipinski definition) is 0. The van der Waals surface area contributed by atoms with E-state index in [1.807, 2.05) is 13.8 Å². The lowest BCUT2D eigenvalue weighted by atomic mass is 10.1. The summed E-state index contributed by atoms with van der Waals surface area (Å²) >= 11 is 0. The first-order chi connectivity index (χ1) is 4.67. The average Bonchev–Trinajstić information content (AvgIpc) is 2.38. The Balaban J connectivity index is 0.000001000. The van der Waals surface area contributed by atoms with Crippen molar-refractivity contribution in [3.8, 4) is 0 Å². The third-order valence-electron chi connectivity index (χ3n) is 1.39. The smallest absolute Gasteiger partial charge is 0.247 e. The second kappa shape index (κ2) is 3.48. The van der Waals surface area contributed by atoms with Crippen LogP contribution in [0.5, 0.6) is 0 Å². The lowest BCUT2D eigenvalue weighted by Gasteiger charge is -2.16. The molecule has 0 bridgehead atoms. The minimum Gasteiger partial charge on any atom is -0.425 e. The van der Waals surface area contributed by atoms with Crippen molar-refractivity contribution >= 4 is 0 Å². The molecule has 4 nitrogen and oxygen atoms in total. The number of nitrogens with zero attached hydrogens (tertiary/aromatic N) is 2. The van der Waals surface area contributed by atoms with E-state index < -0.39 is 5.60 Å². The minimum absolute atomic E-state index is 0. The van der Waals surface area contributed by atoms with Crippen LogP contribution in [0.2, 0.25) is 0 Å². The molecule has 0 fully saturated rings. The topological polar surface area (TPSA) is 48.2 Å². The average molecular weight is 158 g/mol. The molecule has 1 aromatic heterocycles. The summed E-state index contributed by atoms with van der Waals surface area (Å²) < 4.78 is 10.0. The van der Waals surface area contributed by atoms with E-state index in [4.69, 9.17) is 9.15 Å². The maximum Gasteiger partial charge on any atom is 0.247 e. The van der Waals surface area contributed by atoms with Crippen LogP contribution in [0.1, 0.15) is 27.2 Å². The van der Waals surface area contributed by atoms with E-state index in [1.165, 1.54) is 6.39 Å². The molecule has 0 amide bonds. The normalized spacial score (nSPS) is 10.8. The Morgan fingerprint density at radius 2 is 2.18 bits per heavy atom. The first-order valence-electron chi connectivity index (χ1n) is 2.98. The summed E-state index contributed by atoms with van der Waals surface area (Å²) in [5, 5.41) is 7.26. The maximum atomic E-state index is 5.09. The molecule has 1 heterocycles. The highest BCUT2D eigenvalue weighted by atomic mass is 16.5. The van der Waals surface area contributed by atoms with Crippen molar-refractivity contribution in [2.24, 2.45) is 0 Å². The number of aromatic nitrogens is 2. The van der Waals surface area contributed by atoms with Crippen molar-refractivity contribution in [3.05, 3.63) is 12.3 Å². The second-order valence-corrected chi connectivity index (χ2v) is 2.46. The molecule has 0 aliphatic carbocycles. The molecule has 1 rings (SSSR count). The van der Waals surface area contributed by atoms with Crippen LogP contribution in [0.3, 0.4) is 0 Å². The highest BCUT2D eigenvalue weighted by molar-refractivity contribution is 4.88. The molecule has 0 aliphatic rings. The van der Waals surface area contributed by atoms with E-state index in [0.29, 0.717) is 5.89 Å². The molecule has 0 saturated heterocycles. The van der Waals surface area contributed by atoms with Gasteiger partial charge < -0.3 is 9.15 Å². The maximum absolute atomic E-state index is 5.09. The third-order valence-corrected chi connectivity index (χ3v) is 1.39. The van der Waals surface area contributed by atoms with Gasteiger partial charge in [-0.15, -0.1) is 10.2 Å². The van der Waals surface area contributed by atoms with Crippen molar-refractivity contribution in [1.29, 1.82) is 0 Å². The van der Waals surface area contributed by atoms with Gasteiger partial charge in [-0.05, 0) is 13.8 Å². The van der Waals surface area contributed by atoms with Crippen LogP contribution in [0.15, 0.2) is 10.8 Å². The Morgan fingerprint density at radius 3 is 2.55 bits per heavy atom. The van der Waals surface area contributed by atoms with Gasteiger partial charge >= 0.3 is 0 Å². The van der Waals surface area contributed by atoms with Gasteiger partial charge in [0.2, 0.25) is 12.3 Å². The van der Waals surface area contributed by atoms with E-state index in [1.54, 1.807) is 7.11 Å². The van der Waals surface area contributed by atoms with E-state index in [2.05, 4.69) is 10.2 Å². The van der Waals surface area contributed by atoms with Gasteiger partial charge in [0, 0.05) is 7.11 Å². The molecule has 0 atom stereocenters. The number of rotatable bonds is 2. The minimum atomic E-state index is -0.476. The van der Waals surface area contributed by atoms with Gasteiger partial charge in [-0.2, -0.15) is 0 Å². The lowest BCUT2D eigenvalue weighted by molar-refractivity contribution is -0.00380. The van der Waals surface area contributed by atoms with E-state index in [-0.39, 0.29) is 7.43 Å². The zero-order valence-electron chi connectivity index (χ0n) is 6.29. The Kier molecular flexibility index (Phi) is 3.19. The van der Waals surface area contributed by atoms with Gasteiger partial charge in [-0.3, -0.25) is 0 Å². The van der Waals surface area contributed by atoms with Gasteiger partial charge in [-0.1, -0.05) is 7.43 Å². The van der Waals surface area contributed by atoms with Crippen molar-refractivity contribution in [1.82, 2.24) is 10.2 Å². The SMILES string of the molecule is C.COC(C)(C)c1nnco1. The van der Waals surface area contributed by atoms with Gasteiger partial charge in [-0.25, -0.2) is 0 Å². The van der Waals surface area contributed by atoms with E-state index in [0.717, 1.165) is 0 Å². The molecule has 0 unspecified atom stereocenters. The largest absolute Gasteiger partial charge is 0.425 e. The van der Waals surface area contributed by atoms with Gasteiger partial charge in [0.25, 0.3) is 0 Å². The predicted octanol–water partition coefficient (Wildman–Crippen LogP) is 1.59. The molecular formula is C7H14N2O2. The fraction of sp³-hybridized carbons (Fsp3) is 0.714. The van der Waals surface area contributed by atoms with Crippen LogP contribution < -0.4 is 0 Å². The molecule has 0 saturated carbocycles. The van der Waals surface area contributed by atoms with Gasteiger partial charge in [0.05, 0.1) is 0 Å². The molecule has 11 heavy (non-hydrogen) atoms. The molecule has 0 aromatic carbocycles. The quantitative estimate of drug-likeness (QED) is 0.655. The van der Waals surface area contributed by atoms with Crippen molar-refractivity contribution in [2.45, 2.75) is 26.9 Å². The molecule has 0 aliphatic heterocycles. The third kappa shape index (κ3) is 2.01. The van der Waals surface area contributed by atoms with E-state index in [9.17, 15) is 0 Å². The molecule has 0 spiro atoms. The summed E-state index contributed by atoms with van der Waals surface area (Å²) in [7, 11) is 1.60. The lowest BCUT2D eigenvalue weighted by Crippen LogP contribution is -2.19. The number of ether oxygens (including phenoxy) is 1. The van der Waals surface area contributed by atoms with Crippen LogP contribution in [-0.2, 0) is 10.3 Å². The van der Waals surface area contributed by atoms with Gasteiger partial charge in [0.1, 0.15) is 5.60 Å². The summed E-state index contributed by atoms with van der Waals surface area (Å²) in [4.78, 5) is 0. The summed E-state index contributed by atoms with van der Waals surface area (Å²) in [5.41, 5.74) is -0.476. The molecule has 1 aromatic rings. The van der Waals surface area contributed by atoms with Crippen LogP contribution in [0.4, 0.5) is 0 Å². The van der Waals surface area contributed by atoms with Crippen LogP contribution >= 0.6 is 0 Å².